The maximum Gasteiger partial charge on any atom is 0.255 e. The largest absolute Gasteiger partial charge is 0.395 e. The summed E-state index contributed by atoms with van der Waals surface area (Å²) in [6.07, 6.45) is 0. The second kappa shape index (κ2) is 8.13. The minimum atomic E-state index is -3.85. The molecule has 0 aromatic heterocycles. The fourth-order valence-corrected chi connectivity index (χ4v) is 3.81. The van der Waals surface area contributed by atoms with Crippen LogP contribution >= 0.6 is 11.6 Å². The van der Waals surface area contributed by atoms with Crippen molar-refractivity contribution in [2.45, 2.75) is 11.8 Å². The molecule has 2 N–H and O–H groups in total. The van der Waals surface area contributed by atoms with Gasteiger partial charge in [-0.15, -0.1) is 0 Å². The zero-order valence-corrected chi connectivity index (χ0v) is 15.7. The van der Waals surface area contributed by atoms with E-state index in [0.29, 0.717) is 5.56 Å². The molecule has 2 rings (SSSR count). The van der Waals surface area contributed by atoms with Crippen LogP contribution < -0.4 is 5.32 Å². The SMILES string of the molecule is Cc1ccc(C(=O)Nc2ccc(F)c(Cl)c2)cc1S(=O)(=O)N(C)CCO. The van der Waals surface area contributed by atoms with Crippen molar-refractivity contribution in [3.63, 3.8) is 0 Å². The Kier molecular flexibility index (Phi) is 6.35. The smallest absolute Gasteiger partial charge is 0.255 e. The highest BCUT2D eigenvalue weighted by atomic mass is 35.5. The number of carbonyl (C=O) groups excluding carboxylic acids is 1. The highest BCUT2D eigenvalue weighted by molar-refractivity contribution is 7.89. The molecule has 0 saturated heterocycles. The van der Waals surface area contributed by atoms with Gasteiger partial charge in [-0.3, -0.25) is 4.79 Å². The molecule has 0 spiro atoms. The molecule has 0 radical (unpaired) electrons. The Morgan fingerprint density at radius 1 is 1.27 bits per heavy atom. The highest BCUT2D eigenvalue weighted by Gasteiger charge is 2.23. The van der Waals surface area contributed by atoms with Gasteiger partial charge in [0.2, 0.25) is 10.0 Å². The number of likely N-dealkylation sites (N-methyl/N-ethyl adjacent to an activating group) is 1. The van der Waals surface area contributed by atoms with Gasteiger partial charge in [0.1, 0.15) is 5.82 Å². The summed E-state index contributed by atoms with van der Waals surface area (Å²) in [7, 11) is -2.50. The number of anilines is 1. The summed E-state index contributed by atoms with van der Waals surface area (Å²) in [5, 5.41) is 11.4. The monoisotopic (exact) mass is 400 g/mol. The minimum Gasteiger partial charge on any atom is -0.395 e. The first-order valence-corrected chi connectivity index (χ1v) is 9.43. The Morgan fingerprint density at radius 3 is 2.58 bits per heavy atom. The molecule has 0 aliphatic heterocycles. The Morgan fingerprint density at radius 2 is 1.96 bits per heavy atom. The van der Waals surface area contributed by atoms with E-state index in [4.69, 9.17) is 16.7 Å². The first-order chi connectivity index (χ1) is 12.2. The third-order valence-electron chi connectivity index (χ3n) is 3.73. The molecule has 0 heterocycles. The van der Waals surface area contributed by atoms with Gasteiger partial charge >= 0.3 is 0 Å². The number of nitrogens with zero attached hydrogens (tertiary/aromatic N) is 1. The average molecular weight is 401 g/mol. The van der Waals surface area contributed by atoms with E-state index < -0.39 is 21.7 Å². The van der Waals surface area contributed by atoms with E-state index in [1.54, 1.807) is 6.92 Å². The van der Waals surface area contributed by atoms with Crippen molar-refractivity contribution in [3.8, 4) is 0 Å². The molecule has 0 atom stereocenters. The van der Waals surface area contributed by atoms with Crippen LogP contribution in [-0.4, -0.2) is 43.9 Å². The number of hydrogen-bond acceptors (Lipinski definition) is 4. The summed E-state index contributed by atoms with van der Waals surface area (Å²) in [6, 6.07) is 7.99. The first-order valence-electron chi connectivity index (χ1n) is 7.61. The molecular formula is C17H18ClFN2O4S. The number of halogens is 2. The third-order valence-corrected chi connectivity index (χ3v) is 6.02. The molecule has 1 amide bonds. The Bertz CT molecular complexity index is 934. The molecule has 0 aliphatic carbocycles. The third kappa shape index (κ3) is 4.39. The number of sulfonamides is 1. The van der Waals surface area contributed by atoms with Crippen LogP contribution in [0.1, 0.15) is 15.9 Å². The van der Waals surface area contributed by atoms with Crippen LogP contribution in [0.4, 0.5) is 10.1 Å². The van der Waals surface area contributed by atoms with Gasteiger partial charge in [-0.25, -0.2) is 12.8 Å². The van der Waals surface area contributed by atoms with Gasteiger partial charge in [-0.1, -0.05) is 17.7 Å². The van der Waals surface area contributed by atoms with Crippen LogP contribution in [-0.2, 0) is 10.0 Å². The summed E-state index contributed by atoms with van der Waals surface area (Å²) >= 11 is 5.68. The summed E-state index contributed by atoms with van der Waals surface area (Å²) < 4.78 is 39.4. The molecule has 0 bridgehead atoms. The molecule has 0 fully saturated rings. The number of nitrogens with one attached hydrogen (secondary N) is 1. The average Bonchev–Trinajstić information content (AvgIpc) is 2.58. The van der Waals surface area contributed by atoms with E-state index in [0.717, 1.165) is 10.4 Å². The van der Waals surface area contributed by atoms with E-state index in [2.05, 4.69) is 5.32 Å². The van der Waals surface area contributed by atoms with Crippen molar-refractivity contribution in [1.82, 2.24) is 4.31 Å². The Hall–Kier alpha value is -2.00. The number of hydrogen-bond donors (Lipinski definition) is 2. The lowest BCUT2D eigenvalue weighted by molar-refractivity contribution is 0.102. The fraction of sp³-hybridized carbons (Fsp3) is 0.235. The van der Waals surface area contributed by atoms with Gasteiger partial charge in [-0.05, 0) is 42.8 Å². The number of aliphatic hydroxyl groups excluding tert-OH is 1. The quantitative estimate of drug-likeness (QED) is 0.780. The standard InChI is InChI=1S/C17H18ClFN2O4S/c1-11-3-4-12(9-16(11)26(24,25)21(2)7-8-22)17(23)20-13-5-6-15(19)14(18)10-13/h3-6,9-10,22H,7-8H2,1-2H3,(H,20,23). The molecular weight excluding hydrogens is 383 g/mol. The van der Waals surface area contributed by atoms with E-state index in [1.165, 1.54) is 37.4 Å². The number of rotatable bonds is 6. The molecule has 0 saturated carbocycles. The van der Waals surface area contributed by atoms with E-state index in [-0.39, 0.29) is 34.3 Å². The molecule has 26 heavy (non-hydrogen) atoms. The van der Waals surface area contributed by atoms with Crippen LogP contribution in [0.3, 0.4) is 0 Å². The molecule has 140 valence electrons. The highest BCUT2D eigenvalue weighted by Crippen LogP contribution is 2.23. The van der Waals surface area contributed by atoms with Crippen LogP contribution in [0, 0.1) is 12.7 Å². The second-order valence-corrected chi connectivity index (χ2v) is 8.03. The Labute approximate surface area is 156 Å². The normalized spacial score (nSPS) is 11.6. The van der Waals surface area contributed by atoms with E-state index in [9.17, 15) is 17.6 Å². The molecule has 0 aliphatic rings. The summed E-state index contributed by atoms with van der Waals surface area (Å²) in [4.78, 5) is 12.4. The van der Waals surface area contributed by atoms with Gasteiger partial charge in [0.05, 0.1) is 16.5 Å². The second-order valence-electron chi connectivity index (χ2n) is 5.61. The number of carbonyl (C=O) groups is 1. The van der Waals surface area contributed by atoms with Gasteiger partial charge in [0.25, 0.3) is 5.91 Å². The summed E-state index contributed by atoms with van der Waals surface area (Å²) in [6.45, 7) is 1.23. The number of amides is 1. The lowest BCUT2D eigenvalue weighted by Crippen LogP contribution is -2.30. The van der Waals surface area contributed by atoms with Crippen LogP contribution in [0.5, 0.6) is 0 Å². The summed E-state index contributed by atoms with van der Waals surface area (Å²) in [5.74, 6) is -1.17. The lowest BCUT2D eigenvalue weighted by atomic mass is 10.1. The molecule has 0 unspecified atom stereocenters. The fourth-order valence-electron chi connectivity index (χ4n) is 2.23. The van der Waals surface area contributed by atoms with Crippen molar-refractivity contribution >= 4 is 33.2 Å². The molecule has 6 nitrogen and oxygen atoms in total. The van der Waals surface area contributed by atoms with Gasteiger partial charge in [-0.2, -0.15) is 4.31 Å². The van der Waals surface area contributed by atoms with E-state index >= 15 is 0 Å². The maximum atomic E-state index is 13.2. The van der Waals surface area contributed by atoms with E-state index in [1.807, 2.05) is 0 Å². The first kappa shape index (κ1) is 20.3. The minimum absolute atomic E-state index is 0.0294. The number of benzene rings is 2. The Balaban J connectivity index is 2.33. The lowest BCUT2D eigenvalue weighted by Gasteiger charge is -2.18. The van der Waals surface area contributed by atoms with Crippen LogP contribution in [0.2, 0.25) is 5.02 Å². The van der Waals surface area contributed by atoms with Crippen LogP contribution in [0.25, 0.3) is 0 Å². The van der Waals surface area contributed by atoms with Gasteiger partial charge in [0.15, 0.2) is 0 Å². The zero-order chi connectivity index (χ0) is 19.5. The predicted molar refractivity (Wildman–Crippen MR) is 97.4 cm³/mol. The molecule has 2 aromatic carbocycles. The molecule has 9 heteroatoms. The summed E-state index contributed by atoms with van der Waals surface area (Å²) in [5.41, 5.74) is 0.868. The number of aryl methyl sites for hydroxylation is 1. The van der Waals surface area contributed by atoms with Crippen molar-refractivity contribution < 1.29 is 22.7 Å². The van der Waals surface area contributed by atoms with Crippen molar-refractivity contribution in [2.75, 3.05) is 25.5 Å². The number of aliphatic hydroxyl groups is 1. The van der Waals surface area contributed by atoms with Crippen LogP contribution in [0.15, 0.2) is 41.3 Å². The van der Waals surface area contributed by atoms with Crippen molar-refractivity contribution in [3.05, 3.63) is 58.4 Å². The predicted octanol–water partition coefficient (Wildman–Crippen LogP) is 2.65. The van der Waals surface area contributed by atoms with Crippen molar-refractivity contribution in [1.29, 1.82) is 0 Å². The zero-order valence-electron chi connectivity index (χ0n) is 14.2. The maximum absolute atomic E-state index is 13.2. The molecule has 2 aromatic rings. The topological polar surface area (TPSA) is 86.7 Å². The van der Waals surface area contributed by atoms with Gasteiger partial charge < -0.3 is 10.4 Å². The van der Waals surface area contributed by atoms with Gasteiger partial charge in [0, 0.05) is 24.8 Å². The van der Waals surface area contributed by atoms with Crippen molar-refractivity contribution in [2.24, 2.45) is 0 Å².